The average molecular weight is 289 g/mol. The van der Waals surface area contributed by atoms with Crippen molar-refractivity contribution >= 4 is 5.97 Å². The number of carboxylic acid groups (broad SMARTS) is 1. The second-order valence-electron chi connectivity index (χ2n) is 6.55. The number of piperidine rings is 1. The molecule has 114 valence electrons. The van der Waals surface area contributed by atoms with E-state index in [1.807, 2.05) is 30.3 Å². The van der Waals surface area contributed by atoms with E-state index in [4.69, 9.17) is 4.74 Å². The highest BCUT2D eigenvalue weighted by Crippen LogP contribution is 2.47. The Morgan fingerprint density at radius 3 is 2.81 bits per heavy atom. The first-order valence-corrected chi connectivity index (χ1v) is 7.63. The number of aliphatic carboxylic acids is 1. The van der Waals surface area contributed by atoms with Gasteiger partial charge in [0.25, 0.3) is 0 Å². The van der Waals surface area contributed by atoms with Gasteiger partial charge in [0.05, 0.1) is 12.7 Å². The van der Waals surface area contributed by atoms with Crippen LogP contribution in [0.1, 0.15) is 31.7 Å². The first-order valence-electron chi connectivity index (χ1n) is 7.63. The molecular weight excluding hydrogens is 266 g/mol. The largest absolute Gasteiger partial charge is 0.481 e. The molecule has 2 fully saturated rings. The van der Waals surface area contributed by atoms with Crippen molar-refractivity contribution in [3.8, 4) is 0 Å². The summed E-state index contributed by atoms with van der Waals surface area (Å²) in [6, 6.07) is 10.4. The normalized spacial score (nSPS) is 35.8. The molecule has 2 aliphatic heterocycles. The fourth-order valence-corrected chi connectivity index (χ4v) is 4.07. The van der Waals surface area contributed by atoms with Gasteiger partial charge in [0.2, 0.25) is 0 Å². The number of hydrogen-bond donors (Lipinski definition) is 1. The lowest BCUT2D eigenvalue weighted by Gasteiger charge is -2.47. The van der Waals surface area contributed by atoms with E-state index in [1.54, 1.807) is 0 Å². The SMILES string of the molecule is CN1C2CCC1(C)C(C(=O)O)C(OCc1ccccc1)C2. The minimum Gasteiger partial charge on any atom is -0.481 e. The number of carboxylic acids is 1. The van der Waals surface area contributed by atoms with Crippen LogP contribution in [-0.4, -0.2) is 40.7 Å². The van der Waals surface area contributed by atoms with Crippen LogP contribution in [0, 0.1) is 5.92 Å². The molecule has 4 nitrogen and oxygen atoms in total. The monoisotopic (exact) mass is 289 g/mol. The van der Waals surface area contributed by atoms with Crippen molar-refractivity contribution in [2.24, 2.45) is 5.92 Å². The Morgan fingerprint density at radius 1 is 1.43 bits per heavy atom. The van der Waals surface area contributed by atoms with Crippen LogP contribution in [0.4, 0.5) is 0 Å². The molecular formula is C17H23NO3. The Labute approximate surface area is 125 Å². The third-order valence-electron chi connectivity index (χ3n) is 5.46. The minimum atomic E-state index is -0.734. The Kier molecular flexibility index (Phi) is 3.76. The van der Waals surface area contributed by atoms with E-state index in [0.29, 0.717) is 12.6 Å². The lowest BCUT2D eigenvalue weighted by atomic mass is 9.77. The standard InChI is InChI=1S/C17H23NO3/c1-17-9-8-13(18(17)2)10-14(15(17)16(19)20)21-11-12-6-4-3-5-7-12/h3-7,13-15H,8-11H2,1-2H3,(H,19,20). The van der Waals surface area contributed by atoms with Crippen LogP contribution in [0.5, 0.6) is 0 Å². The molecule has 4 heteroatoms. The van der Waals surface area contributed by atoms with Gasteiger partial charge in [0.15, 0.2) is 0 Å². The van der Waals surface area contributed by atoms with E-state index in [-0.39, 0.29) is 11.6 Å². The predicted molar refractivity (Wildman–Crippen MR) is 80.0 cm³/mol. The highest BCUT2D eigenvalue weighted by Gasteiger charge is 2.56. The Morgan fingerprint density at radius 2 is 2.14 bits per heavy atom. The smallest absolute Gasteiger partial charge is 0.311 e. The molecule has 21 heavy (non-hydrogen) atoms. The van der Waals surface area contributed by atoms with Crippen LogP contribution in [0.25, 0.3) is 0 Å². The molecule has 3 rings (SSSR count). The van der Waals surface area contributed by atoms with Gasteiger partial charge in [0.1, 0.15) is 5.92 Å². The van der Waals surface area contributed by atoms with E-state index in [1.165, 1.54) is 0 Å². The summed E-state index contributed by atoms with van der Waals surface area (Å²) in [7, 11) is 2.06. The van der Waals surface area contributed by atoms with Crippen molar-refractivity contribution in [2.45, 2.75) is 50.5 Å². The van der Waals surface area contributed by atoms with Crippen LogP contribution in [0.15, 0.2) is 30.3 Å². The zero-order valence-electron chi connectivity index (χ0n) is 12.7. The molecule has 0 aliphatic carbocycles. The maximum atomic E-state index is 11.8. The highest BCUT2D eigenvalue weighted by atomic mass is 16.5. The molecule has 1 N–H and O–H groups in total. The van der Waals surface area contributed by atoms with Gasteiger partial charge < -0.3 is 9.84 Å². The molecule has 2 aliphatic rings. The Hall–Kier alpha value is -1.39. The fourth-order valence-electron chi connectivity index (χ4n) is 4.07. The molecule has 4 atom stereocenters. The van der Waals surface area contributed by atoms with Gasteiger partial charge in [-0.25, -0.2) is 0 Å². The zero-order valence-corrected chi connectivity index (χ0v) is 12.7. The summed E-state index contributed by atoms with van der Waals surface area (Å²) >= 11 is 0. The van der Waals surface area contributed by atoms with Gasteiger partial charge >= 0.3 is 5.97 Å². The van der Waals surface area contributed by atoms with Gasteiger partial charge in [-0.3, -0.25) is 9.69 Å². The topological polar surface area (TPSA) is 49.8 Å². The van der Waals surface area contributed by atoms with Crippen molar-refractivity contribution in [3.05, 3.63) is 35.9 Å². The molecule has 0 aromatic heterocycles. The van der Waals surface area contributed by atoms with Crippen molar-refractivity contribution in [2.75, 3.05) is 7.05 Å². The highest BCUT2D eigenvalue weighted by molar-refractivity contribution is 5.73. The second kappa shape index (κ2) is 5.43. The molecule has 0 radical (unpaired) electrons. The van der Waals surface area contributed by atoms with Crippen molar-refractivity contribution < 1.29 is 14.6 Å². The average Bonchev–Trinajstić information content (AvgIpc) is 2.66. The van der Waals surface area contributed by atoms with Crippen LogP contribution < -0.4 is 0 Å². The molecule has 2 bridgehead atoms. The molecule has 1 aromatic carbocycles. The Bertz CT molecular complexity index is 518. The van der Waals surface area contributed by atoms with Gasteiger partial charge in [0, 0.05) is 11.6 Å². The van der Waals surface area contributed by atoms with E-state index < -0.39 is 11.9 Å². The Balaban J connectivity index is 1.76. The van der Waals surface area contributed by atoms with E-state index in [2.05, 4.69) is 18.9 Å². The van der Waals surface area contributed by atoms with E-state index >= 15 is 0 Å². The predicted octanol–water partition coefficient (Wildman–Crippen LogP) is 2.53. The number of hydrogen-bond acceptors (Lipinski definition) is 3. The van der Waals surface area contributed by atoms with Crippen LogP contribution in [0.2, 0.25) is 0 Å². The molecule has 2 heterocycles. The van der Waals surface area contributed by atoms with E-state index in [0.717, 1.165) is 24.8 Å². The maximum absolute atomic E-state index is 11.8. The third-order valence-corrected chi connectivity index (χ3v) is 5.46. The molecule has 1 aromatic rings. The maximum Gasteiger partial charge on any atom is 0.311 e. The van der Waals surface area contributed by atoms with Crippen LogP contribution in [0.3, 0.4) is 0 Å². The molecule has 0 spiro atoms. The van der Waals surface area contributed by atoms with Gasteiger partial charge in [-0.15, -0.1) is 0 Å². The molecule has 4 unspecified atom stereocenters. The summed E-state index contributed by atoms with van der Waals surface area (Å²) < 4.78 is 6.03. The van der Waals surface area contributed by atoms with Crippen molar-refractivity contribution in [3.63, 3.8) is 0 Å². The first kappa shape index (κ1) is 14.5. The quantitative estimate of drug-likeness (QED) is 0.925. The van der Waals surface area contributed by atoms with Gasteiger partial charge in [-0.2, -0.15) is 0 Å². The second-order valence-corrected chi connectivity index (χ2v) is 6.55. The van der Waals surface area contributed by atoms with Crippen molar-refractivity contribution in [1.29, 1.82) is 0 Å². The number of benzene rings is 1. The summed E-state index contributed by atoms with van der Waals surface area (Å²) in [6.45, 7) is 2.56. The minimum absolute atomic E-state index is 0.198. The first-order chi connectivity index (χ1) is 10.0. The summed E-state index contributed by atoms with van der Waals surface area (Å²) in [5.41, 5.74) is 0.814. The lowest BCUT2D eigenvalue weighted by molar-refractivity contribution is -0.164. The van der Waals surface area contributed by atoms with Gasteiger partial charge in [-0.05, 0) is 38.8 Å². The lowest BCUT2D eigenvalue weighted by Crippen LogP contribution is -2.60. The molecule has 0 amide bonds. The number of rotatable bonds is 4. The summed E-state index contributed by atoms with van der Waals surface area (Å²) in [5, 5.41) is 9.70. The van der Waals surface area contributed by atoms with Crippen LogP contribution >= 0.6 is 0 Å². The number of carbonyl (C=O) groups is 1. The zero-order chi connectivity index (χ0) is 15.0. The molecule has 0 saturated carbocycles. The number of fused-ring (bicyclic) bond motifs is 2. The van der Waals surface area contributed by atoms with Crippen molar-refractivity contribution in [1.82, 2.24) is 4.90 Å². The van der Waals surface area contributed by atoms with Crippen LogP contribution in [-0.2, 0) is 16.1 Å². The summed E-state index contributed by atoms with van der Waals surface area (Å²) in [6.07, 6.45) is 2.63. The number of nitrogens with zero attached hydrogens (tertiary/aromatic N) is 1. The van der Waals surface area contributed by atoms with Gasteiger partial charge in [-0.1, -0.05) is 30.3 Å². The summed E-state index contributed by atoms with van der Waals surface area (Å²) in [5.74, 6) is -1.19. The fraction of sp³-hybridized carbons (Fsp3) is 0.588. The number of ether oxygens (including phenoxy) is 1. The summed E-state index contributed by atoms with van der Waals surface area (Å²) in [4.78, 5) is 14.1. The molecule has 2 saturated heterocycles. The third kappa shape index (κ3) is 2.47. The van der Waals surface area contributed by atoms with E-state index in [9.17, 15) is 9.90 Å².